The molecule has 19 heavy (non-hydrogen) atoms. The summed E-state index contributed by atoms with van der Waals surface area (Å²) in [5, 5.41) is 18.6. The lowest BCUT2D eigenvalue weighted by molar-refractivity contribution is -0.147. The second kappa shape index (κ2) is 4.13. The first-order chi connectivity index (χ1) is 9.01. The number of aliphatic hydroxyl groups excluding tert-OH is 1. The molecule has 1 unspecified atom stereocenters. The van der Waals surface area contributed by atoms with Crippen molar-refractivity contribution < 1.29 is 24.5 Å². The molecule has 1 aromatic rings. The minimum atomic E-state index is -1.54. The van der Waals surface area contributed by atoms with Crippen LogP contribution in [0.25, 0.3) is 0 Å². The maximum absolute atomic E-state index is 10.9. The van der Waals surface area contributed by atoms with Gasteiger partial charge in [0.1, 0.15) is 0 Å². The summed E-state index contributed by atoms with van der Waals surface area (Å²) in [6.07, 6.45) is 0.668. The number of benzene rings is 1. The van der Waals surface area contributed by atoms with Crippen molar-refractivity contribution in [3.05, 3.63) is 23.3 Å². The van der Waals surface area contributed by atoms with Gasteiger partial charge in [-0.2, -0.15) is 0 Å². The minimum Gasteiger partial charge on any atom is -0.489 e. The van der Waals surface area contributed by atoms with Gasteiger partial charge >= 0.3 is 5.97 Å². The number of carbonyl (C=O) groups is 1. The van der Waals surface area contributed by atoms with Gasteiger partial charge in [-0.05, 0) is 43.0 Å². The maximum Gasteiger partial charge on any atom is 0.337 e. The van der Waals surface area contributed by atoms with Crippen molar-refractivity contribution in [2.75, 3.05) is 13.2 Å². The topological polar surface area (TPSA) is 76.0 Å². The molecule has 0 saturated heterocycles. The number of aliphatic hydroxyl groups is 1. The highest BCUT2D eigenvalue weighted by atomic mass is 16.5. The fourth-order valence-electron chi connectivity index (χ4n) is 2.30. The van der Waals surface area contributed by atoms with Gasteiger partial charge in [0, 0.05) is 5.41 Å². The van der Waals surface area contributed by atoms with Crippen LogP contribution in [-0.2, 0) is 4.79 Å². The molecule has 1 atom stereocenters. The quantitative estimate of drug-likeness (QED) is 0.849. The summed E-state index contributed by atoms with van der Waals surface area (Å²) in [6.45, 7) is 2.98. The van der Waals surface area contributed by atoms with Crippen molar-refractivity contribution in [3.63, 3.8) is 0 Å². The number of aliphatic carboxylic acids is 1. The zero-order valence-corrected chi connectivity index (χ0v) is 10.7. The van der Waals surface area contributed by atoms with Crippen molar-refractivity contribution in [3.8, 4) is 11.5 Å². The molecule has 0 bridgehead atoms. The average Bonchev–Trinajstić information content (AvgIpc) is 3.16. The Morgan fingerprint density at radius 3 is 2.37 bits per heavy atom. The first-order valence-electron chi connectivity index (χ1n) is 6.32. The fraction of sp³-hybridized carbons (Fsp3) is 0.500. The highest BCUT2D eigenvalue weighted by molar-refractivity contribution is 5.75. The Hall–Kier alpha value is -1.75. The molecule has 0 radical (unpaired) electrons. The van der Waals surface area contributed by atoms with Crippen LogP contribution in [0.4, 0.5) is 0 Å². The summed E-state index contributed by atoms with van der Waals surface area (Å²) in [5.41, 5.74) is 1.17. The number of rotatable bonds is 2. The minimum absolute atomic E-state index is 0.137. The number of ether oxygens (including phenoxy) is 2. The molecule has 0 aromatic heterocycles. The molecule has 0 amide bonds. The Morgan fingerprint density at radius 2 is 1.84 bits per heavy atom. The molecule has 1 aliphatic carbocycles. The molecule has 3 rings (SSSR count). The molecule has 1 aliphatic heterocycles. The van der Waals surface area contributed by atoms with E-state index in [4.69, 9.17) is 14.6 Å². The predicted octanol–water partition coefficient (Wildman–Crippen LogP) is 1.66. The number of aryl methyl sites for hydroxylation is 1. The predicted molar refractivity (Wildman–Crippen MR) is 66.4 cm³/mol. The van der Waals surface area contributed by atoms with Gasteiger partial charge in [0.2, 0.25) is 0 Å². The highest BCUT2D eigenvalue weighted by Gasteiger charge is 2.46. The first-order valence-corrected chi connectivity index (χ1v) is 6.32. The highest BCUT2D eigenvalue weighted by Crippen LogP contribution is 2.49. The summed E-state index contributed by atoms with van der Waals surface area (Å²) in [7, 11) is 0. The molecule has 5 heteroatoms. The number of hydrogen-bond donors (Lipinski definition) is 2. The van der Waals surface area contributed by atoms with E-state index in [0.29, 0.717) is 35.8 Å². The summed E-state index contributed by atoms with van der Waals surface area (Å²) in [4.78, 5) is 10.9. The van der Waals surface area contributed by atoms with E-state index < -0.39 is 12.1 Å². The molecule has 5 nitrogen and oxygen atoms in total. The van der Waals surface area contributed by atoms with Crippen LogP contribution >= 0.6 is 0 Å². The van der Waals surface area contributed by atoms with Crippen molar-refractivity contribution >= 4 is 5.97 Å². The molecular formula is C14H16O5. The van der Waals surface area contributed by atoms with Crippen LogP contribution in [-0.4, -0.2) is 29.4 Å². The average molecular weight is 264 g/mol. The standard InChI is InChI=1S/C14H16O5/c1-8-4-10-11(5-9(8)12(15)13(16)17)19-7-14(2-3-14)6-18-10/h4-5,12,15H,2-3,6-7H2,1H3,(H,16,17). The van der Waals surface area contributed by atoms with E-state index in [2.05, 4.69) is 0 Å². The Bertz CT molecular complexity index is 533. The van der Waals surface area contributed by atoms with Gasteiger partial charge in [0.15, 0.2) is 17.6 Å². The van der Waals surface area contributed by atoms with Crippen LogP contribution in [0, 0.1) is 12.3 Å². The Balaban J connectivity index is 1.94. The van der Waals surface area contributed by atoms with Gasteiger partial charge in [-0.25, -0.2) is 4.79 Å². The van der Waals surface area contributed by atoms with Gasteiger partial charge in [0.05, 0.1) is 13.2 Å². The lowest BCUT2D eigenvalue weighted by atomic mass is 10.0. The third-order valence-electron chi connectivity index (χ3n) is 3.89. The summed E-state index contributed by atoms with van der Waals surface area (Å²) < 4.78 is 11.5. The lowest BCUT2D eigenvalue weighted by Gasteiger charge is -2.14. The molecule has 1 aromatic carbocycles. The Labute approximate surface area is 110 Å². The van der Waals surface area contributed by atoms with Crippen LogP contribution in [0.15, 0.2) is 12.1 Å². The maximum atomic E-state index is 10.9. The van der Waals surface area contributed by atoms with Gasteiger partial charge in [-0.3, -0.25) is 0 Å². The smallest absolute Gasteiger partial charge is 0.337 e. The van der Waals surface area contributed by atoms with E-state index in [1.54, 1.807) is 19.1 Å². The van der Waals surface area contributed by atoms with Crippen molar-refractivity contribution in [2.45, 2.75) is 25.9 Å². The third-order valence-corrected chi connectivity index (χ3v) is 3.89. The van der Waals surface area contributed by atoms with E-state index in [0.717, 1.165) is 12.8 Å². The van der Waals surface area contributed by atoms with Crippen LogP contribution in [0.5, 0.6) is 11.5 Å². The van der Waals surface area contributed by atoms with Crippen LogP contribution in [0.1, 0.15) is 30.1 Å². The molecule has 2 aliphatic rings. The normalized spacial score (nSPS) is 20.7. The second-order valence-corrected chi connectivity index (χ2v) is 5.47. The summed E-state index contributed by atoms with van der Waals surface area (Å²) >= 11 is 0. The molecule has 1 fully saturated rings. The van der Waals surface area contributed by atoms with Gasteiger partial charge in [0.25, 0.3) is 0 Å². The second-order valence-electron chi connectivity index (χ2n) is 5.47. The Morgan fingerprint density at radius 1 is 1.26 bits per heavy atom. The van der Waals surface area contributed by atoms with Crippen LogP contribution < -0.4 is 9.47 Å². The van der Waals surface area contributed by atoms with E-state index in [1.165, 1.54) is 0 Å². The monoisotopic (exact) mass is 264 g/mol. The van der Waals surface area contributed by atoms with Crippen LogP contribution in [0.3, 0.4) is 0 Å². The van der Waals surface area contributed by atoms with E-state index in [1.807, 2.05) is 0 Å². The molecule has 1 heterocycles. The van der Waals surface area contributed by atoms with Crippen molar-refractivity contribution in [1.82, 2.24) is 0 Å². The van der Waals surface area contributed by atoms with Gasteiger partial charge in [-0.15, -0.1) is 0 Å². The largest absolute Gasteiger partial charge is 0.489 e. The fourth-order valence-corrected chi connectivity index (χ4v) is 2.30. The van der Waals surface area contributed by atoms with Crippen molar-refractivity contribution in [1.29, 1.82) is 0 Å². The summed E-state index contributed by atoms with van der Waals surface area (Å²) in [6, 6.07) is 3.31. The molecule has 1 spiro atoms. The number of carboxylic acids is 1. The first kappa shape index (κ1) is 12.3. The summed E-state index contributed by atoms with van der Waals surface area (Å²) in [5.74, 6) is -0.122. The van der Waals surface area contributed by atoms with E-state index >= 15 is 0 Å². The number of fused-ring (bicyclic) bond motifs is 1. The molecule has 2 N–H and O–H groups in total. The third kappa shape index (κ3) is 2.14. The molecular weight excluding hydrogens is 248 g/mol. The van der Waals surface area contributed by atoms with Crippen LogP contribution in [0.2, 0.25) is 0 Å². The zero-order valence-electron chi connectivity index (χ0n) is 10.7. The Kier molecular flexibility index (Phi) is 2.67. The van der Waals surface area contributed by atoms with Gasteiger partial charge < -0.3 is 19.7 Å². The van der Waals surface area contributed by atoms with E-state index in [9.17, 15) is 9.90 Å². The van der Waals surface area contributed by atoms with Crippen molar-refractivity contribution in [2.24, 2.45) is 5.41 Å². The van der Waals surface area contributed by atoms with E-state index in [-0.39, 0.29) is 5.41 Å². The molecule has 102 valence electrons. The molecule has 1 saturated carbocycles. The number of carboxylic acid groups (broad SMARTS) is 1. The van der Waals surface area contributed by atoms with Gasteiger partial charge in [-0.1, -0.05) is 0 Å². The SMILES string of the molecule is Cc1cc2c(cc1C(O)C(=O)O)OCC1(CC1)CO2. The number of hydrogen-bond acceptors (Lipinski definition) is 4. The lowest BCUT2D eigenvalue weighted by Crippen LogP contribution is -2.17. The zero-order chi connectivity index (χ0) is 13.6.